The molecule has 2 rings (SSSR count). The van der Waals surface area contributed by atoms with Crippen molar-refractivity contribution < 1.29 is 24.2 Å². The van der Waals surface area contributed by atoms with E-state index in [2.05, 4.69) is 5.32 Å². The van der Waals surface area contributed by atoms with Crippen LogP contribution < -0.4 is 14.8 Å². The number of ether oxygens (including phenoxy) is 2. The summed E-state index contributed by atoms with van der Waals surface area (Å²) in [4.78, 5) is 23.6. The third-order valence-corrected chi connectivity index (χ3v) is 4.87. The van der Waals surface area contributed by atoms with Crippen molar-refractivity contribution in [3.8, 4) is 11.5 Å². The molecule has 1 aliphatic rings. The molecule has 1 unspecified atom stereocenters. The minimum absolute atomic E-state index is 0.00631. The highest BCUT2D eigenvalue weighted by atomic mass is 16.5. The Morgan fingerprint density at radius 2 is 1.65 bits per heavy atom. The average molecular weight is 363 g/mol. The number of carboxylic acids is 1. The lowest BCUT2D eigenvalue weighted by atomic mass is 9.81. The van der Waals surface area contributed by atoms with Gasteiger partial charge in [-0.05, 0) is 64.2 Å². The highest BCUT2D eigenvalue weighted by Crippen LogP contribution is 2.32. The van der Waals surface area contributed by atoms with Crippen LogP contribution in [0.3, 0.4) is 0 Å². The zero-order valence-corrected chi connectivity index (χ0v) is 15.8. The van der Waals surface area contributed by atoms with Gasteiger partial charge in [-0.2, -0.15) is 0 Å². The molecule has 6 nitrogen and oxygen atoms in total. The third kappa shape index (κ3) is 5.13. The molecule has 1 atom stereocenters. The van der Waals surface area contributed by atoms with Gasteiger partial charge in [0.15, 0.2) is 11.5 Å². The van der Waals surface area contributed by atoms with Crippen LogP contribution in [0.1, 0.15) is 58.1 Å². The molecule has 1 fully saturated rings. The lowest BCUT2D eigenvalue weighted by Gasteiger charge is -2.27. The molecule has 26 heavy (non-hydrogen) atoms. The smallest absolute Gasteiger partial charge is 0.306 e. The molecular formula is C20H29NO5. The zero-order chi connectivity index (χ0) is 19.1. The monoisotopic (exact) mass is 363 g/mol. The average Bonchev–Trinajstić information content (AvgIpc) is 2.63. The minimum Gasteiger partial charge on any atom is -0.490 e. The largest absolute Gasteiger partial charge is 0.490 e. The molecule has 1 amide bonds. The van der Waals surface area contributed by atoms with E-state index in [1.165, 1.54) is 0 Å². The lowest BCUT2D eigenvalue weighted by molar-refractivity contribution is -0.144. The summed E-state index contributed by atoms with van der Waals surface area (Å²) in [5.41, 5.74) is 0.949. The Hall–Kier alpha value is -2.24. The molecule has 0 heterocycles. The second kappa shape index (κ2) is 9.46. The maximum Gasteiger partial charge on any atom is 0.306 e. The van der Waals surface area contributed by atoms with Crippen LogP contribution in [0.25, 0.3) is 0 Å². The number of rotatable bonds is 8. The van der Waals surface area contributed by atoms with Crippen molar-refractivity contribution in [2.75, 3.05) is 13.2 Å². The molecule has 1 aromatic carbocycles. The van der Waals surface area contributed by atoms with E-state index in [0.717, 1.165) is 5.56 Å². The first-order valence-electron chi connectivity index (χ1n) is 9.38. The quantitative estimate of drug-likeness (QED) is 0.738. The van der Waals surface area contributed by atoms with Crippen molar-refractivity contribution in [3.63, 3.8) is 0 Å². The van der Waals surface area contributed by atoms with Crippen LogP contribution >= 0.6 is 0 Å². The van der Waals surface area contributed by atoms with Gasteiger partial charge in [0.25, 0.3) is 0 Å². The number of carboxylic acid groups (broad SMARTS) is 1. The Bertz CT molecular complexity index is 623. The number of aliphatic carboxylic acids is 1. The Morgan fingerprint density at radius 3 is 2.23 bits per heavy atom. The van der Waals surface area contributed by atoms with E-state index >= 15 is 0 Å². The fourth-order valence-corrected chi connectivity index (χ4v) is 3.35. The van der Waals surface area contributed by atoms with E-state index in [4.69, 9.17) is 14.6 Å². The van der Waals surface area contributed by atoms with Gasteiger partial charge in [-0.25, -0.2) is 0 Å². The van der Waals surface area contributed by atoms with Crippen LogP contribution in [0.5, 0.6) is 11.5 Å². The van der Waals surface area contributed by atoms with Gasteiger partial charge in [-0.3, -0.25) is 9.59 Å². The van der Waals surface area contributed by atoms with Crippen molar-refractivity contribution in [1.82, 2.24) is 5.32 Å². The zero-order valence-electron chi connectivity index (χ0n) is 15.8. The molecule has 144 valence electrons. The number of hydrogen-bond acceptors (Lipinski definition) is 4. The van der Waals surface area contributed by atoms with E-state index in [1.54, 1.807) is 0 Å². The summed E-state index contributed by atoms with van der Waals surface area (Å²) in [5.74, 6) is 0.195. The highest BCUT2D eigenvalue weighted by molar-refractivity contribution is 5.79. The fraction of sp³-hybridized carbons (Fsp3) is 0.600. The molecule has 0 saturated heterocycles. The molecule has 0 spiro atoms. The second-order valence-corrected chi connectivity index (χ2v) is 6.69. The van der Waals surface area contributed by atoms with Crippen LogP contribution in [0.15, 0.2) is 18.2 Å². The van der Waals surface area contributed by atoms with E-state index < -0.39 is 5.97 Å². The topological polar surface area (TPSA) is 84.9 Å². The van der Waals surface area contributed by atoms with Gasteiger partial charge in [0.05, 0.1) is 25.2 Å². The predicted octanol–water partition coefficient (Wildman–Crippen LogP) is 3.55. The summed E-state index contributed by atoms with van der Waals surface area (Å²) in [6.07, 6.45) is 2.39. The first-order valence-corrected chi connectivity index (χ1v) is 9.38. The first kappa shape index (κ1) is 20.1. The van der Waals surface area contributed by atoms with Crippen LogP contribution in [0.2, 0.25) is 0 Å². The van der Waals surface area contributed by atoms with E-state index in [-0.39, 0.29) is 23.8 Å². The summed E-state index contributed by atoms with van der Waals surface area (Å²) >= 11 is 0. The summed E-state index contributed by atoms with van der Waals surface area (Å²) in [6.45, 7) is 6.88. The van der Waals surface area contributed by atoms with Crippen molar-refractivity contribution >= 4 is 11.9 Å². The molecule has 0 radical (unpaired) electrons. The fourth-order valence-electron chi connectivity index (χ4n) is 3.35. The molecule has 0 aromatic heterocycles. The van der Waals surface area contributed by atoms with E-state index in [0.29, 0.717) is 50.4 Å². The Labute approximate surface area is 154 Å². The SMILES string of the molecule is CCOc1ccc(C(C)NC(=O)C2CCC(C(=O)O)CC2)cc1OCC. The summed E-state index contributed by atoms with van der Waals surface area (Å²) in [5, 5.41) is 12.1. The first-order chi connectivity index (χ1) is 12.5. The van der Waals surface area contributed by atoms with Crippen molar-refractivity contribution in [1.29, 1.82) is 0 Å². The van der Waals surface area contributed by atoms with Gasteiger partial charge in [0.2, 0.25) is 5.91 Å². The second-order valence-electron chi connectivity index (χ2n) is 6.69. The van der Waals surface area contributed by atoms with Crippen LogP contribution in [-0.2, 0) is 9.59 Å². The number of amides is 1. The van der Waals surface area contributed by atoms with Crippen molar-refractivity contribution in [3.05, 3.63) is 23.8 Å². The number of nitrogens with one attached hydrogen (secondary N) is 1. The van der Waals surface area contributed by atoms with Crippen LogP contribution in [0, 0.1) is 11.8 Å². The number of carbonyl (C=O) groups is 2. The Balaban J connectivity index is 1.98. The van der Waals surface area contributed by atoms with E-state index in [1.807, 2.05) is 39.0 Å². The predicted molar refractivity (Wildman–Crippen MR) is 98.4 cm³/mol. The molecule has 2 N–H and O–H groups in total. The van der Waals surface area contributed by atoms with Crippen molar-refractivity contribution in [2.45, 2.75) is 52.5 Å². The molecule has 0 bridgehead atoms. The Kier molecular flexibility index (Phi) is 7.30. The summed E-state index contributed by atoms with van der Waals surface area (Å²) in [7, 11) is 0. The maximum absolute atomic E-state index is 12.5. The molecule has 1 aromatic rings. The van der Waals surface area contributed by atoms with Gasteiger partial charge in [0, 0.05) is 5.92 Å². The number of benzene rings is 1. The maximum atomic E-state index is 12.5. The number of carbonyl (C=O) groups excluding carboxylic acids is 1. The molecule has 1 aliphatic carbocycles. The van der Waals surface area contributed by atoms with Gasteiger partial charge >= 0.3 is 5.97 Å². The van der Waals surface area contributed by atoms with Gasteiger partial charge in [0.1, 0.15) is 0 Å². The van der Waals surface area contributed by atoms with Gasteiger partial charge in [-0.1, -0.05) is 6.07 Å². The van der Waals surface area contributed by atoms with Gasteiger partial charge in [-0.15, -0.1) is 0 Å². The number of hydrogen-bond donors (Lipinski definition) is 2. The van der Waals surface area contributed by atoms with Gasteiger partial charge < -0.3 is 19.9 Å². The summed E-state index contributed by atoms with van der Waals surface area (Å²) < 4.78 is 11.2. The minimum atomic E-state index is -0.755. The highest BCUT2D eigenvalue weighted by Gasteiger charge is 2.30. The lowest BCUT2D eigenvalue weighted by Crippen LogP contribution is -2.35. The molecule has 0 aliphatic heterocycles. The standard InChI is InChI=1S/C20H29NO5/c1-4-25-17-11-10-16(12-18(17)26-5-2)13(3)21-19(22)14-6-8-15(9-7-14)20(23)24/h10-15H,4-9H2,1-3H3,(H,21,22)(H,23,24). The summed E-state index contributed by atoms with van der Waals surface area (Å²) in [6, 6.07) is 5.54. The molecule has 6 heteroatoms. The molecule has 1 saturated carbocycles. The third-order valence-electron chi connectivity index (χ3n) is 4.87. The van der Waals surface area contributed by atoms with E-state index in [9.17, 15) is 9.59 Å². The molecular weight excluding hydrogens is 334 g/mol. The van der Waals surface area contributed by atoms with Crippen molar-refractivity contribution in [2.24, 2.45) is 11.8 Å². The normalized spacial score (nSPS) is 20.9. The van der Waals surface area contributed by atoms with Crippen LogP contribution in [0.4, 0.5) is 0 Å². The van der Waals surface area contributed by atoms with Crippen LogP contribution in [-0.4, -0.2) is 30.2 Å². The Morgan fingerprint density at radius 1 is 1.08 bits per heavy atom.